The van der Waals surface area contributed by atoms with Gasteiger partial charge in [0, 0.05) is 31.2 Å². The Balaban J connectivity index is 1.89. The van der Waals surface area contributed by atoms with Crippen molar-refractivity contribution >= 4 is 11.6 Å². The first kappa shape index (κ1) is 11.8. The van der Waals surface area contributed by atoms with E-state index in [1.54, 1.807) is 12.4 Å². The van der Waals surface area contributed by atoms with Gasteiger partial charge < -0.3 is 16.3 Å². The van der Waals surface area contributed by atoms with Crippen LogP contribution in [-0.2, 0) is 0 Å². The van der Waals surface area contributed by atoms with Gasteiger partial charge in [0.2, 0.25) is 0 Å². The minimum absolute atomic E-state index is 0.188. The Hall–Kier alpha value is -1.66. The third kappa shape index (κ3) is 3.69. The molecule has 0 amide bonds. The van der Waals surface area contributed by atoms with Gasteiger partial charge in [-0.3, -0.25) is 4.98 Å². The summed E-state index contributed by atoms with van der Waals surface area (Å²) in [5.74, 6) is 0.410. The summed E-state index contributed by atoms with van der Waals surface area (Å²) < 4.78 is 0. The number of aromatic nitrogens is 1. The molecule has 0 aliphatic carbocycles. The number of aliphatic imine (C=N–C) groups is 1. The molecule has 2 rings (SSSR count). The van der Waals surface area contributed by atoms with Crippen LogP contribution in [0.4, 0.5) is 5.69 Å². The predicted molar refractivity (Wildman–Crippen MR) is 65.9 cm³/mol. The lowest BCUT2D eigenvalue weighted by molar-refractivity contribution is -0.105. The largest absolute Gasteiger partial charge is 0.370 e. The van der Waals surface area contributed by atoms with Crippen LogP contribution < -0.4 is 11.1 Å². The van der Waals surface area contributed by atoms with Crippen LogP contribution in [0.3, 0.4) is 0 Å². The number of rotatable bonds is 2. The fourth-order valence-corrected chi connectivity index (χ4v) is 1.79. The number of hydroxylamine groups is 2. The number of nitrogens with zero attached hydrogens (tertiary/aromatic N) is 3. The zero-order chi connectivity index (χ0) is 12.1. The summed E-state index contributed by atoms with van der Waals surface area (Å²) in [6.45, 7) is 1.30. The first-order valence-electron chi connectivity index (χ1n) is 5.68. The Morgan fingerprint density at radius 3 is 2.71 bits per heavy atom. The second-order valence-corrected chi connectivity index (χ2v) is 4.06. The van der Waals surface area contributed by atoms with E-state index in [0.717, 1.165) is 18.5 Å². The zero-order valence-electron chi connectivity index (χ0n) is 9.58. The SMILES string of the molecule is NC(=NC1CCN(O)CC1)Nc1ccncc1. The minimum Gasteiger partial charge on any atom is -0.370 e. The minimum atomic E-state index is 0.188. The molecule has 92 valence electrons. The molecular weight excluding hydrogens is 218 g/mol. The summed E-state index contributed by atoms with van der Waals surface area (Å²) in [4.78, 5) is 8.31. The van der Waals surface area contributed by atoms with Crippen LogP contribution in [0.15, 0.2) is 29.5 Å². The van der Waals surface area contributed by atoms with Crippen LogP contribution in [0, 0.1) is 0 Å². The highest BCUT2D eigenvalue weighted by atomic mass is 16.5. The van der Waals surface area contributed by atoms with Gasteiger partial charge in [0.1, 0.15) is 0 Å². The Morgan fingerprint density at radius 2 is 2.06 bits per heavy atom. The van der Waals surface area contributed by atoms with Crippen molar-refractivity contribution in [2.24, 2.45) is 10.7 Å². The number of nitrogens with one attached hydrogen (secondary N) is 1. The van der Waals surface area contributed by atoms with E-state index in [2.05, 4.69) is 15.3 Å². The number of hydrogen-bond acceptors (Lipinski definition) is 4. The van der Waals surface area contributed by atoms with Crippen molar-refractivity contribution < 1.29 is 5.21 Å². The average Bonchev–Trinajstić information content (AvgIpc) is 2.33. The summed E-state index contributed by atoms with van der Waals surface area (Å²) in [6, 6.07) is 3.85. The van der Waals surface area contributed by atoms with Gasteiger partial charge in [0.15, 0.2) is 5.96 Å². The van der Waals surface area contributed by atoms with Gasteiger partial charge >= 0.3 is 0 Å². The Morgan fingerprint density at radius 1 is 1.41 bits per heavy atom. The van der Waals surface area contributed by atoms with Crippen LogP contribution in [0.25, 0.3) is 0 Å². The van der Waals surface area contributed by atoms with Crippen molar-refractivity contribution in [3.8, 4) is 0 Å². The van der Waals surface area contributed by atoms with Crippen LogP contribution in [0.1, 0.15) is 12.8 Å². The molecule has 1 fully saturated rings. The monoisotopic (exact) mass is 235 g/mol. The molecule has 0 atom stereocenters. The van der Waals surface area contributed by atoms with Crippen molar-refractivity contribution in [1.29, 1.82) is 0 Å². The first-order chi connectivity index (χ1) is 8.24. The van der Waals surface area contributed by atoms with Gasteiger partial charge in [-0.1, -0.05) is 0 Å². The lowest BCUT2D eigenvalue weighted by atomic mass is 10.1. The molecule has 1 aliphatic heterocycles. The molecule has 4 N–H and O–H groups in total. The standard InChI is InChI=1S/C11H17N5O/c12-11(14-9-1-5-13-6-2-9)15-10-3-7-16(17)8-4-10/h1-2,5-6,10,17H,3-4,7-8H2,(H3,12,13,14,15). The van der Waals surface area contributed by atoms with E-state index >= 15 is 0 Å². The molecule has 0 radical (unpaired) electrons. The summed E-state index contributed by atoms with van der Waals surface area (Å²) >= 11 is 0. The molecule has 0 bridgehead atoms. The molecule has 2 heterocycles. The van der Waals surface area contributed by atoms with Crippen molar-refractivity contribution in [3.63, 3.8) is 0 Å². The summed E-state index contributed by atoms with van der Waals surface area (Å²) in [5.41, 5.74) is 6.69. The van der Waals surface area contributed by atoms with Crippen LogP contribution in [0.5, 0.6) is 0 Å². The summed E-state index contributed by atoms with van der Waals surface area (Å²) in [5, 5.41) is 13.6. The van der Waals surface area contributed by atoms with Crippen molar-refractivity contribution in [3.05, 3.63) is 24.5 Å². The van der Waals surface area contributed by atoms with E-state index in [-0.39, 0.29) is 6.04 Å². The highest BCUT2D eigenvalue weighted by molar-refractivity contribution is 5.92. The lowest BCUT2D eigenvalue weighted by Gasteiger charge is -2.25. The molecule has 1 aromatic heterocycles. The molecule has 1 aromatic rings. The second-order valence-electron chi connectivity index (χ2n) is 4.06. The van der Waals surface area contributed by atoms with Crippen LogP contribution in [-0.4, -0.2) is 40.3 Å². The number of nitrogens with two attached hydrogens (primary N) is 1. The number of guanidine groups is 1. The molecule has 6 heteroatoms. The molecular formula is C11H17N5O. The van der Waals surface area contributed by atoms with Gasteiger partial charge in [-0.15, -0.1) is 0 Å². The molecule has 0 aromatic carbocycles. The number of piperidine rings is 1. The van der Waals surface area contributed by atoms with Crippen molar-refractivity contribution in [2.45, 2.75) is 18.9 Å². The van der Waals surface area contributed by atoms with Crippen molar-refractivity contribution in [1.82, 2.24) is 10.0 Å². The highest BCUT2D eigenvalue weighted by Gasteiger charge is 2.17. The molecule has 0 saturated carbocycles. The van der Waals surface area contributed by atoms with E-state index in [1.807, 2.05) is 12.1 Å². The molecule has 1 saturated heterocycles. The van der Waals surface area contributed by atoms with Gasteiger partial charge in [0.25, 0.3) is 0 Å². The average molecular weight is 235 g/mol. The van der Waals surface area contributed by atoms with E-state index in [9.17, 15) is 5.21 Å². The molecule has 1 aliphatic rings. The van der Waals surface area contributed by atoms with Crippen LogP contribution in [0.2, 0.25) is 0 Å². The molecule has 0 unspecified atom stereocenters. The molecule has 17 heavy (non-hydrogen) atoms. The maximum Gasteiger partial charge on any atom is 0.193 e. The summed E-state index contributed by atoms with van der Waals surface area (Å²) in [6.07, 6.45) is 5.05. The smallest absolute Gasteiger partial charge is 0.193 e. The first-order valence-corrected chi connectivity index (χ1v) is 5.68. The third-order valence-corrected chi connectivity index (χ3v) is 2.72. The fourth-order valence-electron chi connectivity index (χ4n) is 1.79. The van der Waals surface area contributed by atoms with E-state index in [0.29, 0.717) is 19.0 Å². The Kier molecular flexibility index (Phi) is 3.89. The van der Waals surface area contributed by atoms with Crippen LogP contribution >= 0.6 is 0 Å². The highest BCUT2D eigenvalue weighted by Crippen LogP contribution is 2.12. The third-order valence-electron chi connectivity index (χ3n) is 2.72. The van der Waals surface area contributed by atoms with E-state index in [1.165, 1.54) is 5.06 Å². The normalized spacial score (nSPS) is 19.2. The number of anilines is 1. The zero-order valence-corrected chi connectivity index (χ0v) is 9.58. The van der Waals surface area contributed by atoms with E-state index in [4.69, 9.17) is 5.73 Å². The fraction of sp³-hybridized carbons (Fsp3) is 0.455. The Bertz CT molecular complexity index is 373. The topological polar surface area (TPSA) is 86.8 Å². The van der Waals surface area contributed by atoms with Gasteiger partial charge in [-0.25, -0.2) is 4.99 Å². The maximum atomic E-state index is 9.23. The second kappa shape index (κ2) is 5.60. The maximum absolute atomic E-state index is 9.23. The van der Waals surface area contributed by atoms with Gasteiger partial charge in [-0.05, 0) is 25.0 Å². The molecule has 0 spiro atoms. The van der Waals surface area contributed by atoms with Gasteiger partial charge in [-0.2, -0.15) is 5.06 Å². The Labute approximate surface area is 100 Å². The molecule has 6 nitrogen and oxygen atoms in total. The summed E-state index contributed by atoms with van der Waals surface area (Å²) in [7, 11) is 0. The van der Waals surface area contributed by atoms with E-state index < -0.39 is 0 Å². The van der Waals surface area contributed by atoms with Crippen molar-refractivity contribution in [2.75, 3.05) is 18.4 Å². The number of pyridine rings is 1. The predicted octanol–water partition coefficient (Wildman–Crippen LogP) is 0.662. The van der Waals surface area contributed by atoms with Gasteiger partial charge in [0.05, 0.1) is 6.04 Å². The quantitative estimate of drug-likeness (QED) is 0.518. The lowest BCUT2D eigenvalue weighted by Crippen LogP contribution is -2.34. The number of hydrogen-bond donors (Lipinski definition) is 3.